The molecular formula is C25H26N2O5S. The zero-order valence-corrected chi connectivity index (χ0v) is 19.6. The topological polar surface area (TPSA) is 86.2 Å². The van der Waals surface area contributed by atoms with Gasteiger partial charge < -0.3 is 14.2 Å². The molecule has 3 aromatic rings. The standard InChI is InChI=1S/C25H26N2O5S/c1-4-17(2)19-8-10-20(11-9-19)31-16-24(28)27-26-15-18-7-12-21(22(14-18)30-3)32-25(29)23-6-5-13-33-23/h5-15,17H,4,16H2,1-3H3,(H,27,28)/b26-15-/t17-/m1/s1. The molecule has 3 rings (SSSR count). The predicted octanol–water partition coefficient (Wildman–Crippen LogP) is 5.02. The summed E-state index contributed by atoms with van der Waals surface area (Å²) in [7, 11) is 1.48. The van der Waals surface area contributed by atoms with Crippen molar-refractivity contribution in [2.45, 2.75) is 26.2 Å². The van der Waals surface area contributed by atoms with Gasteiger partial charge in [0.2, 0.25) is 0 Å². The van der Waals surface area contributed by atoms with E-state index in [-0.39, 0.29) is 12.5 Å². The first kappa shape index (κ1) is 24.0. The SMILES string of the molecule is CC[C@@H](C)c1ccc(OCC(=O)N/N=C\c2ccc(OC(=O)c3cccs3)c(OC)c2)cc1. The molecule has 1 aromatic heterocycles. The fraction of sp³-hybridized carbons (Fsp3) is 0.240. The Kier molecular flexibility index (Phi) is 8.60. The van der Waals surface area contributed by atoms with Crippen LogP contribution in [-0.4, -0.2) is 31.8 Å². The largest absolute Gasteiger partial charge is 0.493 e. The molecule has 0 aliphatic rings. The number of esters is 1. The molecule has 1 amide bonds. The average Bonchev–Trinajstić information content (AvgIpc) is 3.38. The highest BCUT2D eigenvalue weighted by molar-refractivity contribution is 7.12. The summed E-state index contributed by atoms with van der Waals surface area (Å²) in [5.74, 6) is 0.942. The Labute approximate surface area is 197 Å². The number of hydrazone groups is 1. The highest BCUT2D eigenvalue weighted by Gasteiger charge is 2.13. The van der Waals surface area contributed by atoms with Crippen LogP contribution in [0.15, 0.2) is 65.1 Å². The lowest BCUT2D eigenvalue weighted by Crippen LogP contribution is -2.24. The number of amides is 1. The maximum Gasteiger partial charge on any atom is 0.353 e. The monoisotopic (exact) mass is 466 g/mol. The van der Waals surface area contributed by atoms with Gasteiger partial charge in [-0.3, -0.25) is 4.79 Å². The molecule has 2 aromatic carbocycles. The van der Waals surface area contributed by atoms with E-state index in [0.29, 0.717) is 33.6 Å². The molecule has 1 atom stereocenters. The van der Waals surface area contributed by atoms with Gasteiger partial charge in [-0.1, -0.05) is 32.0 Å². The van der Waals surface area contributed by atoms with Gasteiger partial charge in [0.25, 0.3) is 5.91 Å². The second kappa shape index (κ2) is 11.8. The van der Waals surface area contributed by atoms with Crippen molar-refractivity contribution in [2.24, 2.45) is 5.10 Å². The summed E-state index contributed by atoms with van der Waals surface area (Å²) >= 11 is 1.30. The number of hydrogen-bond donors (Lipinski definition) is 1. The molecule has 172 valence electrons. The molecule has 1 N–H and O–H groups in total. The van der Waals surface area contributed by atoms with E-state index >= 15 is 0 Å². The lowest BCUT2D eigenvalue weighted by molar-refractivity contribution is -0.123. The van der Waals surface area contributed by atoms with Gasteiger partial charge in [0.1, 0.15) is 10.6 Å². The molecule has 0 radical (unpaired) electrons. The minimum Gasteiger partial charge on any atom is -0.493 e. The summed E-state index contributed by atoms with van der Waals surface area (Å²) in [5, 5.41) is 5.74. The molecule has 0 saturated heterocycles. The van der Waals surface area contributed by atoms with Crippen LogP contribution in [0.4, 0.5) is 0 Å². The minimum absolute atomic E-state index is 0.152. The third kappa shape index (κ3) is 6.92. The first-order chi connectivity index (χ1) is 16.0. The third-order valence-electron chi connectivity index (χ3n) is 4.95. The molecule has 0 aliphatic carbocycles. The minimum atomic E-state index is -0.452. The van der Waals surface area contributed by atoms with Gasteiger partial charge in [0, 0.05) is 0 Å². The number of carbonyl (C=O) groups excluding carboxylic acids is 2. The number of benzene rings is 2. The molecule has 0 spiro atoms. The fourth-order valence-electron chi connectivity index (χ4n) is 2.88. The van der Waals surface area contributed by atoms with Crippen LogP contribution in [0.1, 0.15) is 47.0 Å². The van der Waals surface area contributed by atoms with Crippen molar-refractivity contribution in [3.8, 4) is 17.2 Å². The summed E-state index contributed by atoms with van der Waals surface area (Å²) in [6.45, 7) is 4.16. The van der Waals surface area contributed by atoms with Crippen molar-refractivity contribution in [3.63, 3.8) is 0 Å². The van der Waals surface area contributed by atoms with Crippen molar-refractivity contribution in [1.29, 1.82) is 0 Å². The van der Waals surface area contributed by atoms with Crippen molar-refractivity contribution in [2.75, 3.05) is 13.7 Å². The fourth-order valence-corrected chi connectivity index (χ4v) is 3.48. The van der Waals surface area contributed by atoms with Gasteiger partial charge in [-0.15, -0.1) is 11.3 Å². The Morgan fingerprint density at radius 1 is 1.12 bits per heavy atom. The van der Waals surface area contributed by atoms with Crippen molar-refractivity contribution in [1.82, 2.24) is 5.43 Å². The molecule has 0 bridgehead atoms. The normalized spacial score (nSPS) is 11.7. The molecule has 0 saturated carbocycles. The van der Waals surface area contributed by atoms with Gasteiger partial charge in [-0.05, 0) is 65.2 Å². The Morgan fingerprint density at radius 2 is 1.91 bits per heavy atom. The number of methoxy groups -OCH3 is 1. The molecule has 33 heavy (non-hydrogen) atoms. The number of nitrogens with zero attached hydrogens (tertiary/aromatic N) is 1. The van der Waals surface area contributed by atoms with Crippen LogP contribution in [0.5, 0.6) is 17.2 Å². The molecule has 0 aliphatic heterocycles. The maximum atomic E-state index is 12.1. The number of rotatable bonds is 10. The van der Waals surface area contributed by atoms with Gasteiger partial charge in [-0.2, -0.15) is 5.10 Å². The summed E-state index contributed by atoms with van der Waals surface area (Å²) in [6.07, 6.45) is 2.53. The van der Waals surface area contributed by atoms with Crippen LogP contribution < -0.4 is 19.6 Å². The molecule has 7 nitrogen and oxygen atoms in total. The molecular weight excluding hydrogens is 440 g/mol. The smallest absolute Gasteiger partial charge is 0.353 e. The van der Waals surface area contributed by atoms with Crippen LogP contribution in [0.25, 0.3) is 0 Å². The van der Waals surface area contributed by atoms with E-state index in [2.05, 4.69) is 24.4 Å². The van der Waals surface area contributed by atoms with E-state index in [4.69, 9.17) is 14.2 Å². The Balaban J connectivity index is 1.50. The van der Waals surface area contributed by atoms with E-state index in [9.17, 15) is 9.59 Å². The Morgan fingerprint density at radius 3 is 2.58 bits per heavy atom. The highest BCUT2D eigenvalue weighted by Crippen LogP contribution is 2.29. The highest BCUT2D eigenvalue weighted by atomic mass is 32.1. The molecule has 1 heterocycles. The average molecular weight is 467 g/mol. The Bertz CT molecular complexity index is 1090. The molecule has 8 heteroatoms. The van der Waals surface area contributed by atoms with Gasteiger partial charge in [0.15, 0.2) is 18.1 Å². The van der Waals surface area contributed by atoms with Gasteiger partial charge in [-0.25, -0.2) is 10.2 Å². The number of nitrogens with one attached hydrogen (secondary N) is 1. The first-order valence-corrected chi connectivity index (χ1v) is 11.4. The third-order valence-corrected chi connectivity index (χ3v) is 5.80. The lowest BCUT2D eigenvalue weighted by atomic mass is 9.99. The van der Waals surface area contributed by atoms with E-state index in [1.807, 2.05) is 24.3 Å². The van der Waals surface area contributed by atoms with E-state index < -0.39 is 5.97 Å². The Hall–Kier alpha value is -3.65. The van der Waals surface area contributed by atoms with Gasteiger partial charge >= 0.3 is 5.97 Å². The summed E-state index contributed by atoms with van der Waals surface area (Å²) < 4.78 is 16.2. The predicted molar refractivity (Wildman–Crippen MR) is 129 cm³/mol. The number of carbonyl (C=O) groups is 2. The van der Waals surface area contributed by atoms with E-state index in [1.54, 1.807) is 35.7 Å². The van der Waals surface area contributed by atoms with Crippen molar-refractivity contribution >= 4 is 29.4 Å². The number of hydrogen-bond acceptors (Lipinski definition) is 7. The zero-order chi connectivity index (χ0) is 23.6. The first-order valence-electron chi connectivity index (χ1n) is 10.5. The van der Waals surface area contributed by atoms with Crippen LogP contribution in [0.3, 0.4) is 0 Å². The molecule has 0 fully saturated rings. The van der Waals surface area contributed by atoms with Crippen molar-refractivity contribution in [3.05, 3.63) is 76.0 Å². The van der Waals surface area contributed by atoms with Crippen LogP contribution in [0, 0.1) is 0 Å². The second-order valence-corrected chi connectivity index (χ2v) is 8.18. The second-order valence-electron chi connectivity index (χ2n) is 7.24. The van der Waals surface area contributed by atoms with Crippen molar-refractivity contribution < 1.29 is 23.8 Å². The summed E-state index contributed by atoms with van der Waals surface area (Å²) in [6, 6.07) is 16.2. The van der Waals surface area contributed by atoms with Crippen LogP contribution in [0.2, 0.25) is 0 Å². The quantitative estimate of drug-likeness (QED) is 0.196. The number of ether oxygens (including phenoxy) is 3. The zero-order valence-electron chi connectivity index (χ0n) is 18.7. The summed E-state index contributed by atoms with van der Waals surface area (Å²) in [5.41, 5.74) is 4.32. The van der Waals surface area contributed by atoms with E-state index in [0.717, 1.165) is 6.42 Å². The van der Waals surface area contributed by atoms with Gasteiger partial charge in [0.05, 0.1) is 13.3 Å². The maximum absolute atomic E-state index is 12.1. The lowest BCUT2D eigenvalue weighted by Gasteiger charge is -2.10. The van der Waals surface area contributed by atoms with E-state index in [1.165, 1.54) is 30.2 Å². The number of thiophene rings is 1. The summed E-state index contributed by atoms with van der Waals surface area (Å²) in [4.78, 5) is 24.7. The van der Waals surface area contributed by atoms with Crippen LogP contribution in [-0.2, 0) is 4.79 Å². The van der Waals surface area contributed by atoms with Crippen LogP contribution >= 0.6 is 11.3 Å². The molecule has 0 unspecified atom stereocenters.